The van der Waals surface area contributed by atoms with Crippen molar-refractivity contribution in [2.45, 2.75) is 30.3 Å². The number of aryl methyl sites for hydroxylation is 1. The van der Waals surface area contributed by atoms with Crippen molar-refractivity contribution in [3.8, 4) is 0 Å². The van der Waals surface area contributed by atoms with Gasteiger partial charge in [0, 0.05) is 25.9 Å². The summed E-state index contributed by atoms with van der Waals surface area (Å²) in [6.45, 7) is 2.53. The van der Waals surface area contributed by atoms with Gasteiger partial charge in [-0.05, 0) is 30.7 Å². The number of sulfonamides is 1. The molecule has 1 aromatic rings. The van der Waals surface area contributed by atoms with E-state index in [1.165, 1.54) is 16.4 Å². The molecular weight excluding hydrogens is 311 g/mol. The molecule has 3 rings (SSSR count). The zero-order valence-electron chi connectivity index (χ0n) is 12.1. The van der Waals surface area contributed by atoms with Crippen molar-refractivity contribution in [3.63, 3.8) is 0 Å². The lowest BCUT2D eigenvalue weighted by molar-refractivity contribution is 0.0173. The fraction of sp³-hybridized carbons (Fsp3) is 0.500. The number of alkyl carbamates (subject to hydrolysis) is 1. The lowest BCUT2D eigenvalue weighted by Gasteiger charge is -2.36. The molecular formula is C14H17FN2O4S. The molecule has 0 saturated carbocycles. The molecule has 1 amide bonds. The van der Waals surface area contributed by atoms with Gasteiger partial charge in [0.15, 0.2) is 0 Å². The van der Waals surface area contributed by atoms with E-state index in [0.717, 1.165) is 6.07 Å². The fourth-order valence-electron chi connectivity index (χ4n) is 2.96. The summed E-state index contributed by atoms with van der Waals surface area (Å²) in [5, 5.41) is 2.61. The molecule has 22 heavy (non-hydrogen) atoms. The third-order valence-corrected chi connectivity index (χ3v) is 6.31. The second-order valence-corrected chi connectivity index (χ2v) is 7.65. The Morgan fingerprint density at radius 3 is 2.55 bits per heavy atom. The lowest BCUT2D eigenvalue weighted by atomic mass is 9.93. The first-order chi connectivity index (χ1) is 10.3. The Kier molecular flexibility index (Phi) is 3.60. The zero-order chi connectivity index (χ0) is 16.0. The maximum atomic E-state index is 13.2. The van der Waals surface area contributed by atoms with Gasteiger partial charge in [-0.3, -0.25) is 0 Å². The van der Waals surface area contributed by atoms with Crippen LogP contribution < -0.4 is 5.32 Å². The van der Waals surface area contributed by atoms with Crippen molar-refractivity contribution in [1.29, 1.82) is 0 Å². The number of nitrogens with one attached hydrogen (secondary N) is 1. The number of nitrogens with zero attached hydrogens (tertiary/aromatic N) is 1. The van der Waals surface area contributed by atoms with E-state index in [9.17, 15) is 17.6 Å². The van der Waals surface area contributed by atoms with E-state index in [4.69, 9.17) is 4.74 Å². The van der Waals surface area contributed by atoms with Crippen LogP contribution in [0.4, 0.5) is 9.18 Å². The van der Waals surface area contributed by atoms with Crippen molar-refractivity contribution in [2.75, 3.05) is 19.6 Å². The summed E-state index contributed by atoms with van der Waals surface area (Å²) in [6, 6.07) is 3.65. The molecule has 8 heteroatoms. The summed E-state index contributed by atoms with van der Waals surface area (Å²) in [5.41, 5.74) is -0.213. The molecule has 0 aromatic heterocycles. The topological polar surface area (TPSA) is 75.7 Å². The number of hydrogen-bond donors (Lipinski definition) is 1. The fourth-order valence-corrected chi connectivity index (χ4v) is 4.60. The van der Waals surface area contributed by atoms with E-state index in [0.29, 0.717) is 24.9 Å². The molecule has 2 aliphatic rings. The Labute approximate surface area is 128 Å². The monoisotopic (exact) mass is 328 g/mol. The molecule has 0 radical (unpaired) electrons. The first-order valence-electron chi connectivity index (χ1n) is 7.06. The highest BCUT2D eigenvalue weighted by Crippen LogP contribution is 2.32. The Morgan fingerprint density at radius 2 is 2.00 bits per heavy atom. The molecule has 1 aromatic carbocycles. The van der Waals surface area contributed by atoms with Crippen molar-refractivity contribution in [2.24, 2.45) is 0 Å². The second-order valence-electron chi connectivity index (χ2n) is 5.74. The van der Waals surface area contributed by atoms with Crippen LogP contribution >= 0.6 is 0 Å². The summed E-state index contributed by atoms with van der Waals surface area (Å²) >= 11 is 0. The van der Waals surface area contributed by atoms with Crippen molar-refractivity contribution in [1.82, 2.24) is 9.62 Å². The summed E-state index contributed by atoms with van der Waals surface area (Å²) in [6.07, 6.45) is 0.446. The summed E-state index contributed by atoms with van der Waals surface area (Å²) in [5.74, 6) is -0.460. The predicted octanol–water partition coefficient (Wildman–Crippen LogP) is 1.40. The van der Waals surface area contributed by atoms with Crippen LogP contribution in [0.2, 0.25) is 0 Å². The molecule has 0 bridgehead atoms. The van der Waals surface area contributed by atoms with E-state index in [1.54, 1.807) is 6.92 Å². The van der Waals surface area contributed by atoms with Crippen molar-refractivity contribution >= 4 is 16.1 Å². The van der Waals surface area contributed by atoms with Gasteiger partial charge in [-0.2, -0.15) is 4.31 Å². The lowest BCUT2D eigenvalue weighted by Crippen LogP contribution is -2.48. The van der Waals surface area contributed by atoms with Crippen LogP contribution in [0.25, 0.3) is 0 Å². The minimum atomic E-state index is -3.66. The first-order valence-corrected chi connectivity index (χ1v) is 8.50. The van der Waals surface area contributed by atoms with Gasteiger partial charge < -0.3 is 10.1 Å². The maximum Gasteiger partial charge on any atom is 0.407 e. The molecule has 0 unspecified atom stereocenters. The van der Waals surface area contributed by atoms with E-state index in [-0.39, 0.29) is 18.0 Å². The number of halogens is 1. The molecule has 0 aliphatic carbocycles. The molecule has 0 atom stereocenters. The van der Waals surface area contributed by atoms with Crippen LogP contribution in [-0.4, -0.2) is 44.1 Å². The standard InChI is InChI=1S/C14H17FN2O4S/c1-10-8-11(15)2-3-12(10)22(19,20)17-6-4-14(5-7-17)9-16-13(18)21-14/h2-3,8H,4-7,9H2,1H3,(H,16,18). The van der Waals surface area contributed by atoms with Gasteiger partial charge in [0.25, 0.3) is 0 Å². The molecule has 6 nitrogen and oxygen atoms in total. The number of ether oxygens (including phenoxy) is 1. The second kappa shape index (κ2) is 5.20. The van der Waals surface area contributed by atoms with Crippen molar-refractivity contribution < 1.29 is 22.3 Å². The van der Waals surface area contributed by atoms with E-state index in [2.05, 4.69) is 5.32 Å². The summed E-state index contributed by atoms with van der Waals surface area (Å²) in [4.78, 5) is 11.3. The summed E-state index contributed by atoms with van der Waals surface area (Å²) in [7, 11) is -3.66. The van der Waals surface area contributed by atoms with Crippen LogP contribution in [-0.2, 0) is 14.8 Å². The molecule has 1 N–H and O–H groups in total. The van der Waals surface area contributed by atoms with Gasteiger partial charge in [-0.25, -0.2) is 17.6 Å². The van der Waals surface area contributed by atoms with Gasteiger partial charge >= 0.3 is 6.09 Å². The van der Waals surface area contributed by atoms with Gasteiger partial charge in [-0.1, -0.05) is 0 Å². The van der Waals surface area contributed by atoms with Crippen molar-refractivity contribution in [3.05, 3.63) is 29.6 Å². The number of carbonyl (C=O) groups is 1. The van der Waals surface area contributed by atoms with Crippen LogP contribution in [0.15, 0.2) is 23.1 Å². The van der Waals surface area contributed by atoms with Gasteiger partial charge in [-0.15, -0.1) is 0 Å². The number of carbonyl (C=O) groups excluding carboxylic acids is 1. The number of piperidine rings is 1. The molecule has 120 valence electrons. The predicted molar refractivity (Wildman–Crippen MR) is 76.3 cm³/mol. The first kappa shape index (κ1) is 15.2. The van der Waals surface area contributed by atoms with E-state index in [1.807, 2.05) is 0 Å². The Morgan fingerprint density at radius 1 is 1.32 bits per heavy atom. The minimum Gasteiger partial charge on any atom is -0.441 e. The van der Waals surface area contributed by atoms with Crippen LogP contribution in [0.3, 0.4) is 0 Å². The average molecular weight is 328 g/mol. The highest BCUT2D eigenvalue weighted by atomic mass is 32.2. The maximum absolute atomic E-state index is 13.2. The van der Waals surface area contributed by atoms with Gasteiger partial charge in [0.05, 0.1) is 11.4 Å². The molecule has 2 saturated heterocycles. The normalized spacial score (nSPS) is 21.6. The minimum absolute atomic E-state index is 0.117. The van der Waals surface area contributed by atoms with E-state index >= 15 is 0 Å². The van der Waals surface area contributed by atoms with E-state index < -0.39 is 27.5 Å². The van der Waals surface area contributed by atoms with Gasteiger partial charge in [0.1, 0.15) is 11.4 Å². The number of benzene rings is 1. The number of amides is 1. The highest BCUT2D eigenvalue weighted by molar-refractivity contribution is 7.89. The van der Waals surface area contributed by atoms with Gasteiger partial charge in [0.2, 0.25) is 10.0 Å². The third kappa shape index (κ3) is 2.56. The molecule has 1 spiro atoms. The Hall–Kier alpha value is -1.67. The smallest absolute Gasteiger partial charge is 0.407 e. The van der Waals surface area contributed by atoms with Crippen LogP contribution in [0.5, 0.6) is 0 Å². The summed E-state index contributed by atoms with van der Waals surface area (Å²) < 4.78 is 45.1. The average Bonchev–Trinajstić information content (AvgIpc) is 2.80. The molecule has 2 aliphatic heterocycles. The molecule has 2 heterocycles. The third-order valence-electron chi connectivity index (χ3n) is 4.25. The number of hydrogen-bond acceptors (Lipinski definition) is 4. The zero-order valence-corrected chi connectivity index (χ0v) is 13.0. The highest BCUT2D eigenvalue weighted by Gasteiger charge is 2.45. The van der Waals surface area contributed by atoms with Crippen LogP contribution in [0.1, 0.15) is 18.4 Å². The quantitative estimate of drug-likeness (QED) is 0.890. The SMILES string of the molecule is Cc1cc(F)ccc1S(=O)(=O)N1CCC2(CC1)CNC(=O)O2. The number of rotatable bonds is 2. The van der Waals surface area contributed by atoms with Crippen LogP contribution in [0, 0.1) is 12.7 Å². The molecule has 2 fully saturated rings. The Bertz CT molecular complexity index is 712. The largest absolute Gasteiger partial charge is 0.441 e. The Balaban J connectivity index is 1.79.